The molecule has 0 saturated heterocycles. The number of rotatable bonds is 3. The molecule has 0 bridgehead atoms. The molecule has 22 heavy (non-hydrogen) atoms. The predicted octanol–water partition coefficient (Wildman–Crippen LogP) is 5.53. The van der Waals surface area contributed by atoms with Crippen LogP contribution >= 0.6 is 23.8 Å². The Hall–Kier alpha value is -1.84. The third-order valence-corrected chi connectivity index (χ3v) is 4.26. The summed E-state index contributed by atoms with van der Waals surface area (Å²) < 4.78 is 5.88. The quantitative estimate of drug-likeness (QED) is 0.591. The Bertz CT molecular complexity index is 759. The molecule has 0 amide bonds. The molecule has 4 heteroatoms. The second-order valence-electron chi connectivity index (χ2n) is 5.51. The topological polar surface area (TPSA) is 21.3 Å². The highest BCUT2D eigenvalue weighted by atomic mass is 35.5. The van der Waals surface area contributed by atoms with Crippen molar-refractivity contribution < 1.29 is 4.74 Å². The second kappa shape index (κ2) is 5.75. The Kier molecular flexibility index (Phi) is 3.94. The Labute approximate surface area is 140 Å². The van der Waals surface area contributed by atoms with Gasteiger partial charge in [-0.15, -0.1) is 6.58 Å². The Morgan fingerprint density at radius 2 is 2.05 bits per heavy atom. The summed E-state index contributed by atoms with van der Waals surface area (Å²) in [6, 6.07) is 14.0. The van der Waals surface area contributed by atoms with Crippen molar-refractivity contribution in [2.45, 2.75) is 18.9 Å². The fourth-order valence-electron chi connectivity index (χ4n) is 2.76. The lowest BCUT2D eigenvalue weighted by molar-refractivity contribution is 0.0767. The summed E-state index contributed by atoms with van der Waals surface area (Å²) in [6.45, 7) is 5.86. The Balaban J connectivity index is 2.12. The zero-order chi connectivity index (χ0) is 15.7. The van der Waals surface area contributed by atoms with Gasteiger partial charge in [-0.25, -0.2) is 0 Å². The molecule has 1 aliphatic heterocycles. The highest BCUT2D eigenvalue weighted by Crippen LogP contribution is 2.40. The standard InChI is InChI=1S/C18H16ClNOS/c1-3-9-18(2)15-11-13(12-5-4-6-14(19)10-12)7-8-16(15)20-17(22)21-18/h3-8,10-11H,1,9H2,2H3,(H,20,22). The molecule has 0 aromatic heterocycles. The third-order valence-electron chi connectivity index (χ3n) is 3.84. The molecule has 0 spiro atoms. The van der Waals surface area contributed by atoms with E-state index in [0.29, 0.717) is 11.6 Å². The number of thiocarbonyl (C=S) groups is 1. The molecule has 2 nitrogen and oxygen atoms in total. The fraction of sp³-hybridized carbons (Fsp3) is 0.167. The monoisotopic (exact) mass is 329 g/mol. The molecular formula is C18H16ClNOS. The first kappa shape index (κ1) is 15.1. The molecule has 0 fully saturated rings. The van der Waals surface area contributed by atoms with Gasteiger partial charge in [0.15, 0.2) is 0 Å². The number of fused-ring (bicyclic) bond motifs is 1. The molecule has 1 unspecified atom stereocenters. The first-order chi connectivity index (χ1) is 10.5. The SMILES string of the molecule is C=CCC1(C)OC(=S)Nc2ccc(-c3cccc(Cl)c3)cc21. The summed E-state index contributed by atoms with van der Waals surface area (Å²) in [6.07, 6.45) is 2.53. The van der Waals surface area contributed by atoms with Crippen molar-refractivity contribution in [3.05, 3.63) is 65.7 Å². The van der Waals surface area contributed by atoms with Crippen LogP contribution in [-0.2, 0) is 10.3 Å². The molecule has 1 heterocycles. The molecule has 3 rings (SSSR count). The van der Waals surface area contributed by atoms with Crippen molar-refractivity contribution in [2.75, 3.05) is 5.32 Å². The minimum absolute atomic E-state index is 0.396. The van der Waals surface area contributed by atoms with Gasteiger partial charge in [0.2, 0.25) is 0 Å². The molecule has 1 aliphatic rings. The Morgan fingerprint density at radius 1 is 1.27 bits per heavy atom. The normalized spacial score (nSPS) is 19.8. The summed E-state index contributed by atoms with van der Waals surface area (Å²) in [4.78, 5) is 0. The van der Waals surface area contributed by atoms with Gasteiger partial charge in [0.05, 0.1) is 0 Å². The van der Waals surface area contributed by atoms with Crippen LogP contribution in [0.15, 0.2) is 55.1 Å². The van der Waals surface area contributed by atoms with Gasteiger partial charge in [0.25, 0.3) is 5.17 Å². The van der Waals surface area contributed by atoms with E-state index in [4.69, 9.17) is 28.6 Å². The van der Waals surface area contributed by atoms with Gasteiger partial charge in [-0.2, -0.15) is 0 Å². The van der Waals surface area contributed by atoms with Crippen LogP contribution in [0.4, 0.5) is 5.69 Å². The highest BCUT2D eigenvalue weighted by Gasteiger charge is 2.35. The average molecular weight is 330 g/mol. The highest BCUT2D eigenvalue weighted by molar-refractivity contribution is 7.80. The van der Waals surface area contributed by atoms with Crippen LogP contribution in [0.5, 0.6) is 0 Å². The zero-order valence-corrected chi connectivity index (χ0v) is 13.8. The maximum Gasteiger partial charge on any atom is 0.262 e. The number of hydrogen-bond donors (Lipinski definition) is 1. The lowest BCUT2D eigenvalue weighted by atomic mass is 9.87. The maximum absolute atomic E-state index is 6.10. The molecular weight excluding hydrogens is 314 g/mol. The molecule has 112 valence electrons. The smallest absolute Gasteiger partial charge is 0.262 e. The van der Waals surface area contributed by atoms with Gasteiger partial charge < -0.3 is 10.1 Å². The first-order valence-corrected chi connectivity index (χ1v) is 7.82. The number of ether oxygens (including phenoxy) is 1. The molecule has 0 saturated carbocycles. The number of hydrogen-bond acceptors (Lipinski definition) is 2. The van der Waals surface area contributed by atoms with Crippen LogP contribution < -0.4 is 5.32 Å². The molecule has 1 atom stereocenters. The number of nitrogens with one attached hydrogen (secondary N) is 1. The Morgan fingerprint density at radius 3 is 2.77 bits per heavy atom. The molecule has 0 aliphatic carbocycles. The minimum Gasteiger partial charge on any atom is -0.459 e. The predicted molar refractivity (Wildman–Crippen MR) is 96.4 cm³/mol. The largest absolute Gasteiger partial charge is 0.459 e. The lowest BCUT2D eigenvalue weighted by Crippen LogP contribution is -2.36. The third kappa shape index (κ3) is 2.74. The summed E-state index contributed by atoms with van der Waals surface area (Å²) in [5.41, 5.74) is 3.71. The van der Waals surface area contributed by atoms with E-state index in [1.807, 2.05) is 43.3 Å². The van der Waals surface area contributed by atoms with E-state index in [1.165, 1.54) is 0 Å². The van der Waals surface area contributed by atoms with Crippen LogP contribution in [-0.4, -0.2) is 5.17 Å². The van der Waals surface area contributed by atoms with Gasteiger partial charge in [0, 0.05) is 22.7 Å². The van der Waals surface area contributed by atoms with Crippen LogP contribution in [0.3, 0.4) is 0 Å². The summed E-state index contributed by atoms with van der Waals surface area (Å²) in [5.74, 6) is 0. The van der Waals surface area contributed by atoms with Crippen molar-refractivity contribution in [3.8, 4) is 11.1 Å². The van der Waals surface area contributed by atoms with Gasteiger partial charge >= 0.3 is 0 Å². The van der Waals surface area contributed by atoms with Crippen molar-refractivity contribution in [3.63, 3.8) is 0 Å². The van der Waals surface area contributed by atoms with Crippen LogP contribution in [0.1, 0.15) is 18.9 Å². The van der Waals surface area contributed by atoms with Crippen LogP contribution in [0.25, 0.3) is 11.1 Å². The first-order valence-electron chi connectivity index (χ1n) is 7.03. The van der Waals surface area contributed by atoms with Crippen molar-refractivity contribution in [1.29, 1.82) is 0 Å². The number of benzene rings is 2. The van der Waals surface area contributed by atoms with Crippen molar-refractivity contribution >= 4 is 34.7 Å². The van der Waals surface area contributed by atoms with E-state index < -0.39 is 5.60 Å². The maximum atomic E-state index is 6.10. The van der Waals surface area contributed by atoms with Gasteiger partial charge in [-0.3, -0.25) is 0 Å². The second-order valence-corrected chi connectivity index (χ2v) is 6.32. The molecule has 1 N–H and O–H groups in total. The lowest BCUT2D eigenvalue weighted by Gasteiger charge is -2.37. The van der Waals surface area contributed by atoms with E-state index >= 15 is 0 Å². The van der Waals surface area contributed by atoms with E-state index in [9.17, 15) is 0 Å². The fourth-order valence-corrected chi connectivity index (χ4v) is 3.24. The minimum atomic E-state index is -0.506. The van der Waals surface area contributed by atoms with Crippen molar-refractivity contribution in [2.24, 2.45) is 0 Å². The molecule has 2 aromatic carbocycles. The molecule has 0 radical (unpaired) electrons. The van der Waals surface area contributed by atoms with Crippen molar-refractivity contribution in [1.82, 2.24) is 0 Å². The van der Waals surface area contributed by atoms with E-state index in [-0.39, 0.29) is 0 Å². The van der Waals surface area contributed by atoms with E-state index in [1.54, 1.807) is 0 Å². The number of anilines is 1. The van der Waals surface area contributed by atoms with Gasteiger partial charge in [-0.1, -0.05) is 35.9 Å². The number of halogens is 1. The van der Waals surface area contributed by atoms with Crippen LogP contribution in [0, 0.1) is 0 Å². The van der Waals surface area contributed by atoms with Gasteiger partial charge in [-0.05, 0) is 54.5 Å². The van der Waals surface area contributed by atoms with E-state index in [0.717, 1.165) is 27.4 Å². The zero-order valence-electron chi connectivity index (χ0n) is 12.2. The average Bonchev–Trinajstić information content (AvgIpc) is 2.47. The van der Waals surface area contributed by atoms with E-state index in [2.05, 4.69) is 24.0 Å². The summed E-state index contributed by atoms with van der Waals surface area (Å²) >= 11 is 11.3. The molecule has 2 aromatic rings. The summed E-state index contributed by atoms with van der Waals surface area (Å²) in [5, 5.41) is 4.23. The summed E-state index contributed by atoms with van der Waals surface area (Å²) in [7, 11) is 0. The van der Waals surface area contributed by atoms with Crippen LogP contribution in [0.2, 0.25) is 5.02 Å². The van der Waals surface area contributed by atoms with Gasteiger partial charge in [0.1, 0.15) is 5.60 Å².